The van der Waals surface area contributed by atoms with Crippen molar-refractivity contribution in [1.29, 1.82) is 0 Å². The van der Waals surface area contributed by atoms with Gasteiger partial charge in [-0.2, -0.15) is 8.78 Å². The highest BCUT2D eigenvalue weighted by atomic mass is 19.3. The minimum Gasteiger partial charge on any atom is -0.466 e. The normalized spacial score (nSPS) is 11.2. The van der Waals surface area contributed by atoms with Crippen molar-refractivity contribution in [3.8, 4) is 0 Å². The van der Waals surface area contributed by atoms with Gasteiger partial charge in [0.2, 0.25) is 0 Å². The number of allylic oxidation sites excluding steroid dienone is 1. The van der Waals surface area contributed by atoms with E-state index in [1.807, 2.05) is 0 Å². The number of rotatable bonds is 10. The van der Waals surface area contributed by atoms with Gasteiger partial charge in [0.15, 0.2) is 6.61 Å². The van der Waals surface area contributed by atoms with E-state index in [4.69, 9.17) is 4.74 Å². The lowest BCUT2D eigenvalue weighted by molar-refractivity contribution is -0.180. The molecule has 0 aromatic carbocycles. The molecule has 0 saturated carbocycles. The van der Waals surface area contributed by atoms with E-state index in [9.17, 15) is 27.2 Å². The second-order valence-corrected chi connectivity index (χ2v) is 3.87. The lowest BCUT2D eigenvalue weighted by atomic mass is 10.3. The van der Waals surface area contributed by atoms with Gasteiger partial charge < -0.3 is 9.47 Å². The minimum atomic E-state index is -4.39. The quantitative estimate of drug-likeness (QED) is 0.269. The number of esters is 2. The third kappa shape index (κ3) is 8.49. The average Bonchev–Trinajstić information content (AvgIpc) is 2.39. The number of carbonyl (C=O) groups excluding carboxylic acids is 2. The van der Waals surface area contributed by atoms with Crippen LogP contribution in [0.1, 0.15) is 25.7 Å². The van der Waals surface area contributed by atoms with Crippen LogP contribution in [0.25, 0.3) is 0 Å². The minimum absolute atomic E-state index is 0.156. The third-order valence-electron chi connectivity index (χ3n) is 2.09. The van der Waals surface area contributed by atoms with Gasteiger partial charge in [0.1, 0.15) is 0 Å². The fraction of sp³-hybridized carbons (Fsp3) is 0.667. The first-order valence-corrected chi connectivity index (χ1v) is 5.87. The molecule has 0 aromatic heterocycles. The maximum absolute atomic E-state index is 12.4. The van der Waals surface area contributed by atoms with Crippen molar-refractivity contribution < 1.29 is 36.6 Å². The standard InChI is InChI=1S/C12H16F4O4/c1-2-3-4-7-19-9(17)5-6-10(18)20-8-12(15,16)11(13)14/h2,11H,1,3-8H2. The van der Waals surface area contributed by atoms with Crippen LogP contribution in [0.5, 0.6) is 0 Å². The predicted molar refractivity (Wildman–Crippen MR) is 61.5 cm³/mol. The summed E-state index contributed by atoms with van der Waals surface area (Å²) in [6.45, 7) is 1.92. The number of hydrogen-bond acceptors (Lipinski definition) is 4. The van der Waals surface area contributed by atoms with Gasteiger partial charge in [-0.15, -0.1) is 6.58 Å². The van der Waals surface area contributed by atoms with Crippen molar-refractivity contribution in [3.05, 3.63) is 12.7 Å². The van der Waals surface area contributed by atoms with Gasteiger partial charge in [0, 0.05) is 0 Å². The van der Waals surface area contributed by atoms with E-state index in [1.54, 1.807) is 6.08 Å². The summed E-state index contributed by atoms with van der Waals surface area (Å²) in [5.41, 5.74) is 0. The Hall–Kier alpha value is -1.60. The molecule has 0 atom stereocenters. The fourth-order valence-electron chi connectivity index (χ4n) is 1.00. The Morgan fingerprint density at radius 2 is 1.70 bits per heavy atom. The highest BCUT2D eigenvalue weighted by Crippen LogP contribution is 2.23. The van der Waals surface area contributed by atoms with E-state index < -0.39 is 37.3 Å². The number of carbonyl (C=O) groups is 2. The van der Waals surface area contributed by atoms with Crippen LogP contribution >= 0.6 is 0 Å². The molecule has 0 radical (unpaired) electrons. The molecule has 0 amide bonds. The maximum Gasteiger partial charge on any atom is 0.340 e. The third-order valence-corrected chi connectivity index (χ3v) is 2.09. The predicted octanol–water partition coefficient (Wildman–Crippen LogP) is 2.72. The first-order chi connectivity index (χ1) is 9.29. The first-order valence-electron chi connectivity index (χ1n) is 5.87. The van der Waals surface area contributed by atoms with E-state index >= 15 is 0 Å². The SMILES string of the molecule is C=CCCCOC(=O)CCC(=O)OCC(F)(F)C(F)F. The van der Waals surface area contributed by atoms with Crippen LogP contribution in [0, 0.1) is 0 Å². The largest absolute Gasteiger partial charge is 0.466 e. The van der Waals surface area contributed by atoms with E-state index in [-0.39, 0.29) is 13.0 Å². The Kier molecular flexibility index (Phi) is 8.58. The molecule has 0 unspecified atom stereocenters. The van der Waals surface area contributed by atoms with Crippen molar-refractivity contribution in [2.45, 2.75) is 38.0 Å². The molecule has 0 fully saturated rings. The summed E-state index contributed by atoms with van der Waals surface area (Å²) in [5, 5.41) is 0. The Morgan fingerprint density at radius 1 is 1.15 bits per heavy atom. The Labute approximate surface area is 113 Å². The molecule has 20 heavy (non-hydrogen) atoms. The summed E-state index contributed by atoms with van der Waals surface area (Å²) in [7, 11) is 0. The molecule has 8 heteroatoms. The van der Waals surface area contributed by atoms with Crippen LogP contribution in [0.15, 0.2) is 12.7 Å². The van der Waals surface area contributed by atoms with Crippen molar-refractivity contribution in [3.63, 3.8) is 0 Å². The second kappa shape index (κ2) is 9.33. The highest BCUT2D eigenvalue weighted by molar-refractivity contribution is 5.77. The highest BCUT2D eigenvalue weighted by Gasteiger charge is 2.42. The van der Waals surface area contributed by atoms with Crippen molar-refractivity contribution in [2.24, 2.45) is 0 Å². The summed E-state index contributed by atoms with van der Waals surface area (Å²) in [4.78, 5) is 22.1. The van der Waals surface area contributed by atoms with Crippen LogP contribution in [-0.2, 0) is 19.1 Å². The van der Waals surface area contributed by atoms with E-state index in [0.717, 1.165) is 0 Å². The molecule has 116 valence electrons. The zero-order chi connectivity index (χ0) is 15.6. The van der Waals surface area contributed by atoms with E-state index in [1.165, 1.54) is 0 Å². The molecule has 0 saturated heterocycles. The Balaban J connectivity index is 3.77. The second-order valence-electron chi connectivity index (χ2n) is 3.87. The maximum atomic E-state index is 12.4. The van der Waals surface area contributed by atoms with Crippen molar-refractivity contribution in [1.82, 2.24) is 0 Å². The molecule has 0 heterocycles. The molecule has 0 N–H and O–H groups in total. The molecule has 4 nitrogen and oxygen atoms in total. The summed E-state index contributed by atoms with van der Waals surface area (Å²) >= 11 is 0. The molecule has 0 aliphatic heterocycles. The summed E-state index contributed by atoms with van der Waals surface area (Å²) in [6, 6.07) is 0. The zero-order valence-electron chi connectivity index (χ0n) is 10.7. The van der Waals surface area contributed by atoms with Gasteiger partial charge in [-0.05, 0) is 12.8 Å². The van der Waals surface area contributed by atoms with Crippen LogP contribution < -0.4 is 0 Å². The molecule has 0 rings (SSSR count). The lowest BCUT2D eigenvalue weighted by Gasteiger charge is -2.14. The van der Waals surface area contributed by atoms with Gasteiger partial charge in [0.25, 0.3) is 0 Å². The lowest BCUT2D eigenvalue weighted by Crippen LogP contribution is -2.33. The number of hydrogen-bond donors (Lipinski definition) is 0. The van der Waals surface area contributed by atoms with Crippen molar-refractivity contribution in [2.75, 3.05) is 13.2 Å². The first kappa shape index (κ1) is 18.4. The summed E-state index contributed by atoms with van der Waals surface area (Å²) in [5.74, 6) is -6.24. The molecular formula is C12H16F4O4. The monoisotopic (exact) mass is 300 g/mol. The molecule has 0 bridgehead atoms. The van der Waals surface area contributed by atoms with E-state index in [2.05, 4.69) is 11.3 Å². The number of ether oxygens (including phenoxy) is 2. The number of halogens is 4. The van der Waals surface area contributed by atoms with E-state index in [0.29, 0.717) is 12.8 Å². The molecule has 0 spiro atoms. The van der Waals surface area contributed by atoms with Crippen molar-refractivity contribution >= 4 is 11.9 Å². The van der Waals surface area contributed by atoms with Gasteiger partial charge in [-0.25, -0.2) is 8.78 Å². The zero-order valence-corrected chi connectivity index (χ0v) is 10.7. The van der Waals surface area contributed by atoms with Gasteiger partial charge >= 0.3 is 24.3 Å². The van der Waals surface area contributed by atoms with Crippen LogP contribution in [0.2, 0.25) is 0 Å². The smallest absolute Gasteiger partial charge is 0.340 e. The molecule has 0 aromatic rings. The molecule has 0 aliphatic rings. The van der Waals surface area contributed by atoms with Crippen LogP contribution in [0.4, 0.5) is 17.6 Å². The molecule has 0 aliphatic carbocycles. The Bertz CT molecular complexity index is 331. The topological polar surface area (TPSA) is 52.6 Å². The Morgan fingerprint density at radius 3 is 2.20 bits per heavy atom. The number of unbranched alkanes of at least 4 members (excludes halogenated alkanes) is 1. The van der Waals surface area contributed by atoms with Crippen LogP contribution in [0.3, 0.4) is 0 Å². The van der Waals surface area contributed by atoms with Crippen LogP contribution in [-0.4, -0.2) is 37.5 Å². The average molecular weight is 300 g/mol. The summed E-state index contributed by atoms with van der Waals surface area (Å²) in [6.07, 6.45) is -1.87. The van der Waals surface area contributed by atoms with Gasteiger partial charge in [0.05, 0.1) is 19.4 Å². The van der Waals surface area contributed by atoms with Gasteiger partial charge in [-0.1, -0.05) is 6.08 Å². The number of alkyl halides is 4. The summed E-state index contributed by atoms with van der Waals surface area (Å²) < 4.78 is 57.0. The fourth-order valence-corrected chi connectivity index (χ4v) is 1.00. The van der Waals surface area contributed by atoms with Gasteiger partial charge in [-0.3, -0.25) is 9.59 Å². The molecular weight excluding hydrogens is 284 g/mol.